The van der Waals surface area contributed by atoms with Crippen molar-refractivity contribution in [3.8, 4) is 0 Å². The zero-order valence-corrected chi connectivity index (χ0v) is 14.9. The van der Waals surface area contributed by atoms with Gasteiger partial charge in [0, 0.05) is 25.2 Å². The van der Waals surface area contributed by atoms with Crippen molar-refractivity contribution in [2.75, 3.05) is 7.05 Å². The number of nitrogens with zero attached hydrogens (tertiary/aromatic N) is 2. The molecule has 0 aliphatic rings. The van der Waals surface area contributed by atoms with Crippen molar-refractivity contribution in [1.82, 2.24) is 4.98 Å². The summed E-state index contributed by atoms with van der Waals surface area (Å²) in [4.78, 5) is 8.62. The first kappa shape index (κ1) is 18.1. The van der Waals surface area contributed by atoms with Gasteiger partial charge in [0.2, 0.25) is 0 Å². The molecule has 0 saturated heterocycles. The summed E-state index contributed by atoms with van der Waals surface area (Å²) >= 11 is 0. The maximum atomic E-state index is 4.38. The van der Waals surface area contributed by atoms with Gasteiger partial charge in [-0.3, -0.25) is 9.98 Å². The van der Waals surface area contributed by atoms with Gasteiger partial charge in [0.25, 0.3) is 0 Å². The number of aliphatic imine (C=N–C) groups is 1. The lowest BCUT2D eigenvalue weighted by molar-refractivity contribution is 0.786. The molecule has 0 saturated carbocycles. The molecule has 0 aliphatic heterocycles. The Labute approximate surface area is 135 Å². The van der Waals surface area contributed by atoms with E-state index in [2.05, 4.69) is 62.8 Å². The van der Waals surface area contributed by atoms with Crippen molar-refractivity contribution < 1.29 is 0 Å². The van der Waals surface area contributed by atoms with Crippen LogP contribution in [0.25, 0.3) is 5.57 Å². The molecule has 0 N–H and O–H groups in total. The zero-order chi connectivity index (χ0) is 16.7. The third-order valence-electron chi connectivity index (χ3n) is 3.47. The molecule has 0 atom stereocenters. The fourth-order valence-corrected chi connectivity index (χ4v) is 2.44. The lowest BCUT2D eigenvalue weighted by atomic mass is 9.93. The Bertz CT molecular complexity index is 625. The van der Waals surface area contributed by atoms with Gasteiger partial charge in [-0.2, -0.15) is 0 Å². The summed E-state index contributed by atoms with van der Waals surface area (Å²) in [6, 6.07) is 4.10. The first-order valence-corrected chi connectivity index (χ1v) is 7.78. The molecule has 0 fully saturated rings. The average Bonchev–Trinajstić information content (AvgIpc) is 2.44. The molecule has 2 nitrogen and oxygen atoms in total. The molecule has 0 bridgehead atoms. The maximum absolute atomic E-state index is 4.38. The Kier molecular flexibility index (Phi) is 6.97. The second-order valence-electron chi connectivity index (χ2n) is 6.14. The molecular formula is C20H28N2. The Morgan fingerprint density at radius 3 is 2.36 bits per heavy atom. The predicted molar refractivity (Wildman–Crippen MR) is 98.3 cm³/mol. The van der Waals surface area contributed by atoms with Crippen LogP contribution in [0, 0.1) is 12.8 Å². The molecule has 0 unspecified atom stereocenters. The summed E-state index contributed by atoms with van der Waals surface area (Å²) in [7, 11) is 1.82. The van der Waals surface area contributed by atoms with Crippen LogP contribution in [0.15, 0.2) is 52.2 Å². The van der Waals surface area contributed by atoms with Crippen molar-refractivity contribution >= 4 is 11.8 Å². The van der Waals surface area contributed by atoms with Crippen LogP contribution in [0.4, 0.5) is 0 Å². The van der Waals surface area contributed by atoms with Crippen molar-refractivity contribution in [1.29, 1.82) is 0 Å². The number of hydrogen-bond donors (Lipinski definition) is 0. The quantitative estimate of drug-likeness (QED) is 0.526. The van der Waals surface area contributed by atoms with E-state index >= 15 is 0 Å². The Morgan fingerprint density at radius 1 is 1.18 bits per heavy atom. The van der Waals surface area contributed by atoms with E-state index in [4.69, 9.17) is 0 Å². The van der Waals surface area contributed by atoms with Gasteiger partial charge < -0.3 is 0 Å². The molecule has 1 rings (SSSR count). The van der Waals surface area contributed by atoms with Crippen molar-refractivity contribution in [2.45, 2.75) is 41.5 Å². The molecule has 0 radical (unpaired) electrons. The van der Waals surface area contributed by atoms with E-state index < -0.39 is 0 Å². The number of aromatic nitrogens is 1. The van der Waals surface area contributed by atoms with E-state index in [1.807, 2.05) is 32.4 Å². The van der Waals surface area contributed by atoms with Crippen LogP contribution < -0.4 is 0 Å². The van der Waals surface area contributed by atoms with Gasteiger partial charge in [-0.1, -0.05) is 31.6 Å². The minimum Gasteiger partial charge on any atom is -0.296 e. The Hall–Kier alpha value is -1.96. The molecule has 22 heavy (non-hydrogen) atoms. The second kappa shape index (κ2) is 8.47. The molecular weight excluding hydrogens is 268 g/mol. The Balaban J connectivity index is 3.46. The van der Waals surface area contributed by atoms with Crippen molar-refractivity contribution in [3.63, 3.8) is 0 Å². The highest BCUT2D eigenvalue weighted by Crippen LogP contribution is 2.23. The monoisotopic (exact) mass is 296 g/mol. The molecule has 1 aromatic rings. The highest BCUT2D eigenvalue weighted by atomic mass is 14.7. The first-order valence-electron chi connectivity index (χ1n) is 7.78. The largest absolute Gasteiger partial charge is 0.296 e. The SMILES string of the molecule is CN=CC(/C=C(\C)c1cccnc1C)=C(/C=C(C)C)C(C)C. The van der Waals surface area contributed by atoms with E-state index in [0.717, 1.165) is 5.69 Å². The summed E-state index contributed by atoms with van der Waals surface area (Å²) in [6.07, 6.45) is 8.25. The highest BCUT2D eigenvalue weighted by Gasteiger charge is 2.08. The van der Waals surface area contributed by atoms with Gasteiger partial charge in [0.15, 0.2) is 0 Å². The normalized spacial score (nSPS) is 13.5. The summed E-state index contributed by atoms with van der Waals surface area (Å²) in [5, 5.41) is 0. The van der Waals surface area contributed by atoms with Gasteiger partial charge >= 0.3 is 0 Å². The maximum Gasteiger partial charge on any atom is 0.0447 e. The van der Waals surface area contributed by atoms with Crippen molar-refractivity contribution in [2.24, 2.45) is 10.9 Å². The van der Waals surface area contributed by atoms with Crippen LogP contribution >= 0.6 is 0 Å². The van der Waals surface area contributed by atoms with Gasteiger partial charge in [-0.25, -0.2) is 0 Å². The summed E-state index contributed by atoms with van der Waals surface area (Å²) in [5.74, 6) is 0.446. The van der Waals surface area contributed by atoms with E-state index in [9.17, 15) is 0 Å². The molecule has 0 aromatic carbocycles. The van der Waals surface area contributed by atoms with Crippen molar-refractivity contribution in [3.05, 3.63) is 58.5 Å². The predicted octanol–water partition coefficient (Wildman–Crippen LogP) is 5.41. The minimum atomic E-state index is 0.446. The van der Waals surface area contributed by atoms with E-state index in [1.54, 1.807) is 0 Å². The van der Waals surface area contributed by atoms with Crippen LogP contribution in [0.3, 0.4) is 0 Å². The van der Waals surface area contributed by atoms with Crippen LogP contribution in [0.2, 0.25) is 0 Å². The molecule has 0 aliphatic carbocycles. The fraction of sp³-hybridized carbons (Fsp3) is 0.400. The average molecular weight is 296 g/mol. The number of rotatable bonds is 5. The number of aryl methyl sites for hydroxylation is 1. The van der Waals surface area contributed by atoms with E-state index in [1.165, 1.54) is 27.9 Å². The van der Waals surface area contributed by atoms with Crippen LogP contribution in [0.1, 0.15) is 45.9 Å². The van der Waals surface area contributed by atoms with Gasteiger partial charge in [-0.15, -0.1) is 0 Å². The first-order chi connectivity index (χ1) is 10.4. The molecule has 118 valence electrons. The fourth-order valence-electron chi connectivity index (χ4n) is 2.44. The minimum absolute atomic E-state index is 0.446. The van der Waals surface area contributed by atoms with Crippen LogP contribution in [-0.4, -0.2) is 18.2 Å². The smallest absolute Gasteiger partial charge is 0.0447 e. The van der Waals surface area contributed by atoms with Crippen LogP contribution in [0.5, 0.6) is 0 Å². The molecule has 0 spiro atoms. The topological polar surface area (TPSA) is 25.2 Å². The lowest BCUT2D eigenvalue weighted by Crippen LogP contribution is -1.99. The Morgan fingerprint density at radius 2 is 1.86 bits per heavy atom. The zero-order valence-electron chi connectivity index (χ0n) is 14.9. The van der Waals surface area contributed by atoms with Gasteiger partial charge in [-0.05, 0) is 68.0 Å². The third-order valence-corrected chi connectivity index (χ3v) is 3.47. The summed E-state index contributed by atoms with van der Waals surface area (Å²) in [6.45, 7) is 12.9. The van der Waals surface area contributed by atoms with E-state index in [0.29, 0.717) is 5.92 Å². The molecule has 0 amide bonds. The molecule has 1 aromatic heterocycles. The van der Waals surface area contributed by atoms with Crippen LogP contribution in [-0.2, 0) is 0 Å². The standard InChI is InChI=1S/C20H28N2/c1-14(2)11-20(15(3)4)18(13-21-7)12-16(5)19-9-8-10-22-17(19)6/h8-13,15H,1-7H3/b16-12+,20-18-,21-13?. The third kappa shape index (κ3) is 5.10. The van der Waals surface area contributed by atoms with Gasteiger partial charge in [0.1, 0.15) is 0 Å². The second-order valence-corrected chi connectivity index (χ2v) is 6.14. The molecule has 2 heteroatoms. The summed E-state index contributed by atoms with van der Waals surface area (Å²) in [5.41, 5.74) is 7.23. The highest BCUT2D eigenvalue weighted by molar-refractivity contribution is 5.88. The number of allylic oxidation sites excluding steroid dienone is 6. The summed E-state index contributed by atoms with van der Waals surface area (Å²) < 4.78 is 0. The van der Waals surface area contributed by atoms with E-state index in [-0.39, 0.29) is 0 Å². The molecule has 1 heterocycles. The lowest BCUT2D eigenvalue weighted by Gasteiger charge is -2.13. The van der Waals surface area contributed by atoms with Gasteiger partial charge in [0.05, 0.1) is 0 Å². The number of pyridine rings is 1. The number of hydrogen-bond acceptors (Lipinski definition) is 2.